The minimum absolute atomic E-state index is 0.0341. The number of benzene rings is 1. The van der Waals surface area contributed by atoms with Gasteiger partial charge in [-0.3, -0.25) is 4.79 Å². The van der Waals surface area contributed by atoms with Gasteiger partial charge >= 0.3 is 0 Å². The van der Waals surface area contributed by atoms with Crippen LogP contribution in [0.4, 0.5) is 0 Å². The van der Waals surface area contributed by atoms with Crippen LogP contribution in [-0.2, 0) is 4.79 Å². The molecule has 1 unspecified atom stereocenters. The summed E-state index contributed by atoms with van der Waals surface area (Å²) in [4.78, 5) is 12.3. The lowest BCUT2D eigenvalue weighted by Gasteiger charge is -2.15. The third-order valence-electron chi connectivity index (χ3n) is 4.33. The number of amides is 1. The number of nitrogens with two attached hydrogens (primary N) is 1. The molecule has 0 saturated heterocycles. The Bertz CT molecular complexity index is 706. The molecule has 1 amide bonds. The number of aryl methyl sites for hydroxylation is 1. The summed E-state index contributed by atoms with van der Waals surface area (Å²) in [5.74, 6) is 6.76. The van der Waals surface area contributed by atoms with Crippen LogP contribution in [0.3, 0.4) is 0 Å². The van der Waals surface area contributed by atoms with Crippen LogP contribution in [-0.4, -0.2) is 32.1 Å². The third-order valence-corrected chi connectivity index (χ3v) is 5.38. The number of rotatable bonds is 5. The van der Waals surface area contributed by atoms with E-state index < -0.39 is 0 Å². The SMILES string of the molecule is Cc1ccc(-c2nnc(SC(C)C(=O)NC3CCCC3)n2N)cc1. The first-order valence-electron chi connectivity index (χ1n) is 8.29. The van der Waals surface area contributed by atoms with Crippen molar-refractivity contribution in [1.82, 2.24) is 20.2 Å². The fourth-order valence-electron chi connectivity index (χ4n) is 2.86. The molecule has 7 heteroatoms. The Morgan fingerprint density at radius 3 is 2.62 bits per heavy atom. The van der Waals surface area contributed by atoms with Gasteiger partial charge in [-0.1, -0.05) is 54.4 Å². The zero-order valence-corrected chi connectivity index (χ0v) is 14.8. The van der Waals surface area contributed by atoms with Crippen LogP contribution < -0.4 is 11.2 Å². The Morgan fingerprint density at radius 1 is 1.29 bits per heavy atom. The second-order valence-corrected chi connectivity index (χ2v) is 7.60. The molecule has 1 saturated carbocycles. The first kappa shape index (κ1) is 16.8. The first-order chi connectivity index (χ1) is 11.5. The van der Waals surface area contributed by atoms with Gasteiger partial charge in [0.25, 0.3) is 0 Å². The zero-order chi connectivity index (χ0) is 17.1. The Hall–Kier alpha value is -2.02. The van der Waals surface area contributed by atoms with E-state index in [1.54, 1.807) is 0 Å². The van der Waals surface area contributed by atoms with Crippen LogP contribution >= 0.6 is 11.8 Å². The summed E-state index contributed by atoms with van der Waals surface area (Å²) in [6.45, 7) is 3.90. The Morgan fingerprint density at radius 2 is 1.96 bits per heavy atom. The normalized spacial score (nSPS) is 16.2. The quantitative estimate of drug-likeness (QED) is 0.642. The van der Waals surface area contributed by atoms with E-state index >= 15 is 0 Å². The number of nitrogens with zero attached hydrogens (tertiary/aromatic N) is 3. The van der Waals surface area contributed by atoms with Gasteiger partial charge in [0.2, 0.25) is 11.1 Å². The Balaban J connectivity index is 1.66. The maximum atomic E-state index is 12.3. The van der Waals surface area contributed by atoms with Gasteiger partial charge in [-0.15, -0.1) is 10.2 Å². The number of carbonyl (C=O) groups excluding carboxylic acids is 1. The molecule has 3 N–H and O–H groups in total. The topological polar surface area (TPSA) is 85.8 Å². The van der Waals surface area contributed by atoms with Crippen molar-refractivity contribution in [1.29, 1.82) is 0 Å². The van der Waals surface area contributed by atoms with E-state index in [4.69, 9.17) is 5.84 Å². The molecule has 1 aromatic carbocycles. The number of nitrogen functional groups attached to an aromatic ring is 1. The van der Waals surface area contributed by atoms with Gasteiger partial charge in [0.1, 0.15) is 0 Å². The average molecular weight is 345 g/mol. The molecule has 128 valence electrons. The number of hydrogen-bond acceptors (Lipinski definition) is 5. The summed E-state index contributed by atoms with van der Waals surface area (Å²) in [5, 5.41) is 11.7. The largest absolute Gasteiger partial charge is 0.352 e. The third kappa shape index (κ3) is 3.72. The molecule has 1 atom stereocenters. The molecular formula is C17H23N5OS. The molecule has 1 fully saturated rings. The summed E-state index contributed by atoms with van der Waals surface area (Å²) >= 11 is 1.33. The van der Waals surface area contributed by atoms with Crippen molar-refractivity contribution < 1.29 is 4.79 Å². The highest BCUT2D eigenvalue weighted by atomic mass is 32.2. The summed E-state index contributed by atoms with van der Waals surface area (Å²) in [5.41, 5.74) is 2.08. The van der Waals surface area contributed by atoms with Crippen LogP contribution in [0.5, 0.6) is 0 Å². The van der Waals surface area contributed by atoms with Crippen molar-refractivity contribution in [3.8, 4) is 11.4 Å². The summed E-state index contributed by atoms with van der Waals surface area (Å²) in [6, 6.07) is 8.27. The molecule has 1 aliphatic rings. The van der Waals surface area contributed by atoms with E-state index in [1.807, 2.05) is 38.1 Å². The number of aromatic nitrogens is 3. The highest BCUT2D eigenvalue weighted by Gasteiger charge is 2.23. The molecule has 24 heavy (non-hydrogen) atoms. The van der Waals surface area contributed by atoms with Gasteiger partial charge in [0, 0.05) is 11.6 Å². The van der Waals surface area contributed by atoms with Crippen LogP contribution in [0.2, 0.25) is 0 Å². The highest BCUT2D eigenvalue weighted by molar-refractivity contribution is 8.00. The van der Waals surface area contributed by atoms with Crippen molar-refractivity contribution in [2.24, 2.45) is 0 Å². The molecule has 1 heterocycles. The Kier molecular flexibility index (Phi) is 5.08. The number of nitrogens with one attached hydrogen (secondary N) is 1. The van der Waals surface area contributed by atoms with Crippen molar-refractivity contribution in [2.75, 3.05) is 5.84 Å². The number of hydrogen-bond donors (Lipinski definition) is 2. The minimum atomic E-state index is -0.261. The van der Waals surface area contributed by atoms with Crippen LogP contribution in [0.1, 0.15) is 38.2 Å². The van der Waals surface area contributed by atoms with E-state index in [0.29, 0.717) is 17.0 Å². The van der Waals surface area contributed by atoms with Gasteiger partial charge in [0.05, 0.1) is 5.25 Å². The van der Waals surface area contributed by atoms with Crippen molar-refractivity contribution in [3.63, 3.8) is 0 Å². The van der Waals surface area contributed by atoms with Gasteiger partial charge < -0.3 is 11.2 Å². The van der Waals surface area contributed by atoms with Gasteiger partial charge in [-0.2, -0.15) is 0 Å². The Labute approximate surface area is 146 Å². The smallest absolute Gasteiger partial charge is 0.233 e. The molecule has 6 nitrogen and oxygen atoms in total. The van der Waals surface area contributed by atoms with Crippen molar-refractivity contribution in [3.05, 3.63) is 29.8 Å². The summed E-state index contributed by atoms with van der Waals surface area (Å²) in [6.07, 6.45) is 4.55. The molecule has 0 aliphatic heterocycles. The van der Waals surface area contributed by atoms with E-state index in [0.717, 1.165) is 18.4 Å². The van der Waals surface area contributed by atoms with Crippen molar-refractivity contribution >= 4 is 17.7 Å². The highest BCUT2D eigenvalue weighted by Crippen LogP contribution is 2.25. The van der Waals surface area contributed by atoms with E-state index in [9.17, 15) is 4.79 Å². The van der Waals surface area contributed by atoms with E-state index in [-0.39, 0.29) is 11.2 Å². The minimum Gasteiger partial charge on any atom is -0.352 e. The molecule has 0 spiro atoms. The van der Waals surface area contributed by atoms with Gasteiger partial charge in [-0.25, -0.2) is 4.68 Å². The second kappa shape index (κ2) is 7.25. The monoisotopic (exact) mass is 345 g/mol. The molecule has 0 radical (unpaired) electrons. The van der Waals surface area contributed by atoms with Crippen molar-refractivity contribution in [2.45, 2.75) is 56.0 Å². The lowest BCUT2D eigenvalue weighted by atomic mass is 10.1. The summed E-state index contributed by atoms with van der Waals surface area (Å²) < 4.78 is 1.45. The lowest BCUT2D eigenvalue weighted by Crippen LogP contribution is -2.37. The molecule has 3 rings (SSSR count). The number of thioether (sulfide) groups is 1. The van der Waals surface area contributed by atoms with Crippen LogP contribution in [0.15, 0.2) is 29.4 Å². The average Bonchev–Trinajstić information content (AvgIpc) is 3.19. The maximum absolute atomic E-state index is 12.3. The molecule has 0 bridgehead atoms. The summed E-state index contributed by atoms with van der Waals surface area (Å²) in [7, 11) is 0. The molecule has 2 aromatic rings. The van der Waals surface area contributed by atoms with Gasteiger partial charge in [0.15, 0.2) is 5.82 Å². The van der Waals surface area contributed by atoms with Crippen LogP contribution in [0, 0.1) is 6.92 Å². The first-order valence-corrected chi connectivity index (χ1v) is 9.17. The fraction of sp³-hybridized carbons (Fsp3) is 0.471. The molecule has 1 aliphatic carbocycles. The maximum Gasteiger partial charge on any atom is 0.233 e. The van der Waals surface area contributed by atoms with E-state index in [1.165, 1.54) is 34.8 Å². The van der Waals surface area contributed by atoms with Gasteiger partial charge in [-0.05, 0) is 26.7 Å². The predicted octanol–water partition coefficient (Wildman–Crippen LogP) is 2.51. The molecular weight excluding hydrogens is 322 g/mol. The zero-order valence-electron chi connectivity index (χ0n) is 14.0. The predicted molar refractivity (Wildman–Crippen MR) is 96.1 cm³/mol. The van der Waals surface area contributed by atoms with Crippen LogP contribution in [0.25, 0.3) is 11.4 Å². The van der Waals surface area contributed by atoms with E-state index in [2.05, 4.69) is 15.5 Å². The fourth-order valence-corrected chi connectivity index (χ4v) is 3.64. The number of carbonyl (C=O) groups is 1. The second-order valence-electron chi connectivity index (χ2n) is 6.29. The standard InChI is InChI=1S/C17H23N5OS/c1-11-7-9-13(10-8-11)15-20-21-17(22(15)18)24-12(2)16(23)19-14-5-3-4-6-14/h7-10,12,14H,3-6,18H2,1-2H3,(H,19,23). The molecule has 1 aromatic heterocycles. The lowest BCUT2D eigenvalue weighted by molar-refractivity contribution is -0.120.